The van der Waals surface area contributed by atoms with E-state index in [0.717, 1.165) is 18.5 Å². The first-order valence-electron chi connectivity index (χ1n) is 7.80. The van der Waals surface area contributed by atoms with Gasteiger partial charge in [-0.1, -0.05) is 12.1 Å². The van der Waals surface area contributed by atoms with Gasteiger partial charge in [-0.15, -0.1) is 0 Å². The molecule has 0 aliphatic heterocycles. The Kier molecular flexibility index (Phi) is 4.58. The molecule has 0 saturated carbocycles. The van der Waals surface area contributed by atoms with Gasteiger partial charge in [-0.05, 0) is 67.1 Å². The number of amides is 1. The lowest BCUT2D eigenvalue weighted by Gasteiger charge is -2.19. The molecule has 1 aliphatic rings. The quantitative estimate of drug-likeness (QED) is 0.941. The minimum Gasteiger partial charge on any atom is -0.484 e. The van der Waals surface area contributed by atoms with Gasteiger partial charge in [0.05, 0.1) is 11.6 Å². The average Bonchev–Trinajstić information content (AvgIpc) is 2.61. The van der Waals surface area contributed by atoms with Gasteiger partial charge in [-0.25, -0.2) is 0 Å². The average molecular weight is 306 g/mol. The molecule has 23 heavy (non-hydrogen) atoms. The molecule has 0 bridgehead atoms. The third-order valence-corrected chi connectivity index (χ3v) is 4.02. The number of nitrogens with zero attached hydrogens (tertiary/aromatic N) is 1. The van der Waals surface area contributed by atoms with E-state index < -0.39 is 0 Å². The molecule has 0 fully saturated rings. The predicted octanol–water partition coefficient (Wildman–Crippen LogP) is 3.45. The number of ether oxygens (including phenoxy) is 1. The highest BCUT2D eigenvalue weighted by Gasteiger charge is 2.14. The highest BCUT2D eigenvalue weighted by Crippen LogP contribution is 2.27. The van der Waals surface area contributed by atoms with Crippen molar-refractivity contribution in [3.8, 4) is 11.8 Å². The van der Waals surface area contributed by atoms with Crippen LogP contribution in [0.25, 0.3) is 0 Å². The Morgan fingerprint density at radius 1 is 1.13 bits per heavy atom. The van der Waals surface area contributed by atoms with Gasteiger partial charge >= 0.3 is 0 Å². The second-order valence-corrected chi connectivity index (χ2v) is 5.62. The van der Waals surface area contributed by atoms with Crippen LogP contribution in [0.5, 0.6) is 5.75 Å². The summed E-state index contributed by atoms with van der Waals surface area (Å²) >= 11 is 0. The minimum atomic E-state index is -0.173. The second-order valence-electron chi connectivity index (χ2n) is 5.62. The van der Waals surface area contributed by atoms with Crippen molar-refractivity contribution >= 4 is 11.6 Å². The molecule has 1 N–H and O–H groups in total. The van der Waals surface area contributed by atoms with Crippen molar-refractivity contribution in [1.82, 2.24) is 0 Å². The topological polar surface area (TPSA) is 62.1 Å². The van der Waals surface area contributed by atoms with Crippen LogP contribution in [-0.4, -0.2) is 12.5 Å². The van der Waals surface area contributed by atoms with Crippen LogP contribution in [-0.2, 0) is 17.6 Å². The summed E-state index contributed by atoms with van der Waals surface area (Å²) in [5.41, 5.74) is 4.06. The number of benzene rings is 2. The van der Waals surface area contributed by atoms with E-state index in [2.05, 4.69) is 11.4 Å². The summed E-state index contributed by atoms with van der Waals surface area (Å²) in [5.74, 6) is 0.405. The zero-order valence-corrected chi connectivity index (χ0v) is 12.8. The first-order chi connectivity index (χ1) is 11.3. The van der Waals surface area contributed by atoms with Crippen molar-refractivity contribution in [2.75, 3.05) is 11.9 Å². The Morgan fingerprint density at radius 2 is 1.91 bits per heavy atom. The van der Waals surface area contributed by atoms with Crippen LogP contribution in [0, 0.1) is 11.3 Å². The maximum atomic E-state index is 12.1. The highest BCUT2D eigenvalue weighted by atomic mass is 16.5. The summed E-state index contributed by atoms with van der Waals surface area (Å²) in [4.78, 5) is 12.1. The molecular formula is C19H18N2O2. The predicted molar refractivity (Wildman–Crippen MR) is 88.4 cm³/mol. The van der Waals surface area contributed by atoms with E-state index >= 15 is 0 Å². The molecule has 4 heteroatoms. The van der Waals surface area contributed by atoms with E-state index in [1.54, 1.807) is 24.3 Å². The lowest BCUT2D eigenvalue weighted by atomic mass is 9.90. The Morgan fingerprint density at radius 3 is 2.70 bits per heavy atom. The van der Waals surface area contributed by atoms with Crippen molar-refractivity contribution in [3.05, 3.63) is 59.2 Å². The Labute approximate surface area is 135 Å². The molecule has 0 saturated heterocycles. The molecular weight excluding hydrogens is 288 g/mol. The van der Waals surface area contributed by atoms with Crippen LogP contribution in [0.15, 0.2) is 42.5 Å². The summed E-state index contributed by atoms with van der Waals surface area (Å²) in [6, 6.07) is 14.8. The summed E-state index contributed by atoms with van der Waals surface area (Å²) < 4.78 is 5.46. The summed E-state index contributed by atoms with van der Waals surface area (Å²) in [7, 11) is 0. The number of hydrogen-bond donors (Lipinski definition) is 1. The lowest BCUT2D eigenvalue weighted by Crippen LogP contribution is -2.21. The third-order valence-electron chi connectivity index (χ3n) is 4.02. The fourth-order valence-corrected chi connectivity index (χ4v) is 2.86. The molecule has 0 heterocycles. The molecule has 3 rings (SSSR count). The number of nitriles is 1. The van der Waals surface area contributed by atoms with E-state index in [9.17, 15) is 4.79 Å². The van der Waals surface area contributed by atoms with Gasteiger partial charge in [0.25, 0.3) is 5.91 Å². The van der Waals surface area contributed by atoms with Crippen LogP contribution < -0.4 is 10.1 Å². The van der Waals surface area contributed by atoms with E-state index in [1.165, 1.54) is 24.0 Å². The zero-order chi connectivity index (χ0) is 16.1. The van der Waals surface area contributed by atoms with Crippen LogP contribution in [0.4, 0.5) is 5.69 Å². The molecule has 4 nitrogen and oxygen atoms in total. The van der Waals surface area contributed by atoms with Crippen molar-refractivity contribution in [2.45, 2.75) is 25.7 Å². The van der Waals surface area contributed by atoms with Gasteiger partial charge in [-0.3, -0.25) is 4.79 Å². The van der Waals surface area contributed by atoms with Gasteiger partial charge in [-0.2, -0.15) is 5.26 Å². The van der Waals surface area contributed by atoms with Crippen molar-refractivity contribution in [1.29, 1.82) is 5.26 Å². The van der Waals surface area contributed by atoms with Crippen molar-refractivity contribution in [2.24, 2.45) is 0 Å². The molecule has 0 spiro atoms. The molecule has 1 aliphatic carbocycles. The summed E-state index contributed by atoms with van der Waals surface area (Å²) in [6.07, 6.45) is 4.48. The molecule has 2 aromatic carbocycles. The molecule has 2 aromatic rings. The normalized spacial score (nSPS) is 12.8. The Hall–Kier alpha value is -2.80. The number of fused-ring (bicyclic) bond motifs is 1. The maximum absolute atomic E-state index is 12.1. The van der Waals surface area contributed by atoms with Gasteiger partial charge in [0, 0.05) is 5.69 Å². The Balaban J connectivity index is 1.60. The first-order valence-corrected chi connectivity index (χ1v) is 7.80. The first kappa shape index (κ1) is 15.1. The number of nitrogens with one attached hydrogen (secondary N) is 1. The third kappa shape index (κ3) is 3.70. The Bertz CT molecular complexity index is 745. The van der Waals surface area contributed by atoms with Crippen LogP contribution in [0.3, 0.4) is 0 Å². The molecule has 0 atom stereocenters. The largest absolute Gasteiger partial charge is 0.484 e. The number of anilines is 1. The van der Waals surface area contributed by atoms with Crippen LogP contribution in [0.2, 0.25) is 0 Å². The number of carbonyl (C=O) groups excluding carboxylic acids is 1. The molecule has 116 valence electrons. The van der Waals surface area contributed by atoms with E-state index in [1.807, 2.05) is 18.2 Å². The van der Waals surface area contributed by atoms with Crippen LogP contribution in [0.1, 0.15) is 29.5 Å². The highest BCUT2D eigenvalue weighted by molar-refractivity contribution is 5.92. The maximum Gasteiger partial charge on any atom is 0.262 e. The SMILES string of the molecule is N#Cc1ccc(OCC(=O)Nc2cccc3c2CCCC3)cc1. The fraction of sp³-hybridized carbons (Fsp3) is 0.263. The lowest BCUT2D eigenvalue weighted by molar-refractivity contribution is -0.118. The van der Waals surface area contributed by atoms with Gasteiger partial charge in [0.15, 0.2) is 6.61 Å². The molecule has 0 radical (unpaired) electrons. The smallest absolute Gasteiger partial charge is 0.262 e. The van der Waals surface area contributed by atoms with Gasteiger partial charge in [0.1, 0.15) is 5.75 Å². The molecule has 1 amide bonds. The van der Waals surface area contributed by atoms with Gasteiger partial charge < -0.3 is 10.1 Å². The molecule has 0 unspecified atom stereocenters. The summed E-state index contributed by atoms with van der Waals surface area (Å²) in [6.45, 7) is -0.0461. The standard InChI is InChI=1S/C19H18N2O2/c20-12-14-8-10-16(11-9-14)23-13-19(22)21-18-7-3-5-15-4-1-2-6-17(15)18/h3,5,7-11H,1-2,4,6,13H2,(H,21,22). The number of rotatable bonds is 4. The fourth-order valence-electron chi connectivity index (χ4n) is 2.86. The van der Waals surface area contributed by atoms with E-state index in [-0.39, 0.29) is 12.5 Å². The van der Waals surface area contributed by atoms with Crippen molar-refractivity contribution in [3.63, 3.8) is 0 Å². The molecule has 0 aromatic heterocycles. The van der Waals surface area contributed by atoms with Crippen LogP contribution >= 0.6 is 0 Å². The number of carbonyl (C=O) groups is 1. The second kappa shape index (κ2) is 6.97. The van der Waals surface area contributed by atoms with E-state index in [0.29, 0.717) is 11.3 Å². The van der Waals surface area contributed by atoms with E-state index in [4.69, 9.17) is 10.00 Å². The number of hydrogen-bond acceptors (Lipinski definition) is 3. The van der Waals surface area contributed by atoms with Gasteiger partial charge in [0.2, 0.25) is 0 Å². The van der Waals surface area contributed by atoms with Crippen molar-refractivity contribution < 1.29 is 9.53 Å². The summed E-state index contributed by atoms with van der Waals surface area (Å²) in [5, 5.41) is 11.7. The monoisotopic (exact) mass is 306 g/mol. The number of aryl methyl sites for hydroxylation is 1. The minimum absolute atomic E-state index is 0.0461. The zero-order valence-electron chi connectivity index (χ0n) is 12.8.